The monoisotopic (exact) mass is 256 g/mol. The zero-order chi connectivity index (χ0) is 13.8. The lowest BCUT2D eigenvalue weighted by Gasteiger charge is -2.19. The van der Waals surface area contributed by atoms with Gasteiger partial charge in [-0.15, -0.1) is 0 Å². The molecule has 108 valence electrons. The second kappa shape index (κ2) is 11.6. The van der Waals surface area contributed by atoms with Gasteiger partial charge in [0.1, 0.15) is 0 Å². The maximum atomic E-state index is 11.3. The Balaban J connectivity index is 4.03. The van der Waals surface area contributed by atoms with Crippen LogP contribution in [0.25, 0.3) is 0 Å². The zero-order valence-electron chi connectivity index (χ0n) is 12.6. The van der Waals surface area contributed by atoms with Crippen molar-refractivity contribution in [2.45, 2.75) is 85.0 Å². The smallest absolute Gasteiger partial charge is 0.306 e. The normalized spacial score (nSPS) is 14.4. The molecule has 0 saturated carbocycles. The molecule has 0 spiro atoms. The molecule has 0 bridgehead atoms. The molecule has 0 amide bonds. The quantitative estimate of drug-likeness (QED) is 0.483. The van der Waals surface area contributed by atoms with Gasteiger partial charge in [-0.05, 0) is 18.8 Å². The fraction of sp³-hybridized carbons (Fsp3) is 0.938. The van der Waals surface area contributed by atoms with Gasteiger partial charge in [-0.25, -0.2) is 0 Å². The second-order valence-electron chi connectivity index (χ2n) is 5.54. The highest BCUT2D eigenvalue weighted by molar-refractivity contribution is 5.69. The van der Waals surface area contributed by atoms with Crippen LogP contribution < -0.4 is 0 Å². The number of hydrogen-bond acceptors (Lipinski definition) is 1. The highest BCUT2D eigenvalue weighted by Gasteiger charge is 2.20. The third-order valence-electron chi connectivity index (χ3n) is 3.92. The number of carboxylic acid groups (broad SMARTS) is 1. The van der Waals surface area contributed by atoms with Gasteiger partial charge in [-0.3, -0.25) is 4.79 Å². The third kappa shape index (κ3) is 8.54. The van der Waals surface area contributed by atoms with Crippen molar-refractivity contribution >= 4 is 5.97 Å². The lowest BCUT2D eigenvalue weighted by Crippen LogP contribution is -2.18. The fourth-order valence-electron chi connectivity index (χ4n) is 2.54. The third-order valence-corrected chi connectivity index (χ3v) is 3.92. The molecular formula is C16H32O2. The van der Waals surface area contributed by atoms with Crippen LogP contribution in [0.1, 0.15) is 85.0 Å². The molecule has 2 unspecified atom stereocenters. The molecule has 0 fully saturated rings. The summed E-state index contributed by atoms with van der Waals surface area (Å²) in [4.78, 5) is 11.3. The van der Waals surface area contributed by atoms with Crippen molar-refractivity contribution in [3.05, 3.63) is 0 Å². The topological polar surface area (TPSA) is 37.3 Å². The molecule has 0 aromatic carbocycles. The van der Waals surface area contributed by atoms with Crippen molar-refractivity contribution in [3.63, 3.8) is 0 Å². The van der Waals surface area contributed by atoms with E-state index in [1.807, 2.05) is 0 Å². The fourth-order valence-corrected chi connectivity index (χ4v) is 2.54. The Morgan fingerprint density at radius 3 is 2.11 bits per heavy atom. The highest BCUT2D eigenvalue weighted by atomic mass is 16.4. The van der Waals surface area contributed by atoms with Gasteiger partial charge in [0.05, 0.1) is 5.92 Å². The molecule has 0 rings (SSSR count). The highest BCUT2D eigenvalue weighted by Crippen LogP contribution is 2.25. The van der Waals surface area contributed by atoms with Crippen LogP contribution in [0, 0.1) is 11.8 Å². The van der Waals surface area contributed by atoms with Gasteiger partial charge in [-0.2, -0.15) is 0 Å². The van der Waals surface area contributed by atoms with E-state index in [1.54, 1.807) is 0 Å². The van der Waals surface area contributed by atoms with Gasteiger partial charge in [0.15, 0.2) is 0 Å². The predicted molar refractivity (Wildman–Crippen MR) is 77.8 cm³/mol. The Bertz CT molecular complexity index is 201. The molecule has 0 aliphatic heterocycles. The van der Waals surface area contributed by atoms with E-state index in [0.717, 1.165) is 25.7 Å². The summed E-state index contributed by atoms with van der Waals surface area (Å²) in [6.07, 6.45) is 11.2. The maximum absolute atomic E-state index is 11.3. The van der Waals surface area contributed by atoms with Crippen LogP contribution in [0.3, 0.4) is 0 Å². The number of aliphatic carboxylic acids is 1. The minimum atomic E-state index is -0.582. The number of rotatable bonds is 12. The van der Waals surface area contributed by atoms with E-state index in [4.69, 9.17) is 0 Å². The van der Waals surface area contributed by atoms with Crippen molar-refractivity contribution in [2.24, 2.45) is 11.8 Å². The maximum Gasteiger partial charge on any atom is 0.306 e. The van der Waals surface area contributed by atoms with E-state index >= 15 is 0 Å². The van der Waals surface area contributed by atoms with Gasteiger partial charge in [0.25, 0.3) is 0 Å². The first kappa shape index (κ1) is 17.5. The Labute approximate surface area is 113 Å². The first-order valence-electron chi connectivity index (χ1n) is 7.88. The first-order chi connectivity index (χ1) is 8.65. The minimum absolute atomic E-state index is 0.108. The van der Waals surface area contributed by atoms with Crippen LogP contribution in [-0.4, -0.2) is 11.1 Å². The van der Waals surface area contributed by atoms with Crippen LogP contribution in [0.15, 0.2) is 0 Å². The summed E-state index contributed by atoms with van der Waals surface area (Å²) in [5.74, 6) is -0.0812. The van der Waals surface area contributed by atoms with Gasteiger partial charge < -0.3 is 5.11 Å². The molecule has 18 heavy (non-hydrogen) atoms. The molecule has 0 aromatic rings. The number of unbranched alkanes of at least 4 members (excludes halogenated alkanes) is 4. The van der Waals surface area contributed by atoms with Crippen LogP contribution in [0.5, 0.6) is 0 Å². The van der Waals surface area contributed by atoms with Gasteiger partial charge in [0.2, 0.25) is 0 Å². The lowest BCUT2D eigenvalue weighted by atomic mass is 9.86. The average molecular weight is 256 g/mol. The molecule has 2 atom stereocenters. The Morgan fingerprint density at radius 2 is 1.61 bits per heavy atom. The Morgan fingerprint density at radius 1 is 0.944 bits per heavy atom. The summed E-state index contributed by atoms with van der Waals surface area (Å²) in [7, 11) is 0. The predicted octanol–water partition coefficient (Wildman–Crippen LogP) is 5.26. The van der Waals surface area contributed by atoms with Gasteiger partial charge in [0, 0.05) is 0 Å². The summed E-state index contributed by atoms with van der Waals surface area (Å²) >= 11 is 0. The number of carboxylic acids is 1. The SMILES string of the molecule is CCCCCCC(CC(CC)CCCC)C(=O)O. The average Bonchev–Trinajstić information content (AvgIpc) is 2.36. The summed E-state index contributed by atoms with van der Waals surface area (Å²) in [5, 5.41) is 9.30. The summed E-state index contributed by atoms with van der Waals surface area (Å²) < 4.78 is 0. The van der Waals surface area contributed by atoms with Crippen LogP contribution in [0.4, 0.5) is 0 Å². The molecule has 1 N–H and O–H groups in total. The van der Waals surface area contributed by atoms with Crippen molar-refractivity contribution in [1.29, 1.82) is 0 Å². The molecule has 0 aliphatic rings. The summed E-state index contributed by atoms with van der Waals surface area (Å²) in [6, 6.07) is 0. The van der Waals surface area contributed by atoms with Crippen LogP contribution in [0.2, 0.25) is 0 Å². The van der Waals surface area contributed by atoms with Crippen molar-refractivity contribution in [3.8, 4) is 0 Å². The molecule has 2 heteroatoms. The van der Waals surface area contributed by atoms with Crippen LogP contribution in [-0.2, 0) is 4.79 Å². The number of hydrogen-bond donors (Lipinski definition) is 1. The molecule has 0 saturated heterocycles. The molecule has 0 heterocycles. The Hall–Kier alpha value is -0.530. The van der Waals surface area contributed by atoms with E-state index < -0.39 is 5.97 Å². The molecule has 0 aromatic heterocycles. The number of carbonyl (C=O) groups is 1. The standard InChI is InChI=1S/C16H32O2/c1-4-7-9-10-12-15(16(17)18)13-14(6-3)11-8-5-2/h14-15H,4-13H2,1-3H3,(H,17,18). The first-order valence-corrected chi connectivity index (χ1v) is 7.88. The Kier molecular flexibility index (Phi) is 11.2. The minimum Gasteiger partial charge on any atom is -0.481 e. The van der Waals surface area contributed by atoms with Crippen molar-refractivity contribution in [2.75, 3.05) is 0 Å². The summed E-state index contributed by atoms with van der Waals surface area (Å²) in [6.45, 7) is 6.58. The zero-order valence-corrected chi connectivity index (χ0v) is 12.6. The summed E-state index contributed by atoms with van der Waals surface area (Å²) in [5.41, 5.74) is 0. The van der Waals surface area contributed by atoms with E-state index in [9.17, 15) is 9.90 Å². The molecule has 0 aliphatic carbocycles. The van der Waals surface area contributed by atoms with Crippen LogP contribution >= 0.6 is 0 Å². The van der Waals surface area contributed by atoms with Crippen molar-refractivity contribution < 1.29 is 9.90 Å². The van der Waals surface area contributed by atoms with E-state index in [2.05, 4.69) is 20.8 Å². The lowest BCUT2D eigenvalue weighted by molar-refractivity contribution is -0.142. The van der Waals surface area contributed by atoms with Gasteiger partial charge >= 0.3 is 5.97 Å². The van der Waals surface area contributed by atoms with Gasteiger partial charge in [-0.1, -0.05) is 72.1 Å². The van der Waals surface area contributed by atoms with Crippen molar-refractivity contribution in [1.82, 2.24) is 0 Å². The second-order valence-corrected chi connectivity index (χ2v) is 5.54. The van der Waals surface area contributed by atoms with E-state index in [-0.39, 0.29) is 5.92 Å². The van der Waals surface area contributed by atoms with E-state index in [0.29, 0.717) is 5.92 Å². The van der Waals surface area contributed by atoms with E-state index in [1.165, 1.54) is 38.5 Å². The molecule has 0 radical (unpaired) electrons. The largest absolute Gasteiger partial charge is 0.481 e. The molecule has 2 nitrogen and oxygen atoms in total. The molecular weight excluding hydrogens is 224 g/mol.